The Labute approximate surface area is 132 Å². The number of hydrogen-bond donors (Lipinski definition) is 2. The number of ether oxygens (including phenoxy) is 1. The van der Waals surface area contributed by atoms with Crippen molar-refractivity contribution in [3.8, 4) is 0 Å². The second kappa shape index (κ2) is 7.44. The van der Waals surface area contributed by atoms with Crippen molar-refractivity contribution < 1.29 is 65.2 Å². The molecule has 1 aliphatic heterocycles. The minimum absolute atomic E-state index is 0. The van der Waals surface area contributed by atoms with Crippen LogP contribution in [-0.2, 0) is 55.4 Å². The molecule has 3 radical (unpaired) electrons. The zero-order valence-electron chi connectivity index (χ0n) is 10.0. The zero-order chi connectivity index (χ0) is 13.3. The van der Waals surface area contributed by atoms with Gasteiger partial charge in [0.2, 0.25) is 0 Å². The predicted molar refractivity (Wildman–Crippen MR) is 60.5 cm³/mol. The van der Waals surface area contributed by atoms with Gasteiger partial charge in [-0.15, -0.1) is 5.92 Å². The molecule has 18 heavy (non-hydrogen) atoms. The van der Waals surface area contributed by atoms with E-state index >= 15 is 0 Å². The van der Waals surface area contributed by atoms with Crippen LogP contribution in [0.2, 0.25) is 0 Å². The molecule has 2 unspecified atom stereocenters. The third kappa shape index (κ3) is 7.27. The summed E-state index contributed by atoms with van der Waals surface area (Å²) in [6.07, 6.45) is 1.23. The molecular formula is C7H14BO7P2Y-. The Kier molecular flexibility index (Phi) is 8.03. The van der Waals surface area contributed by atoms with Gasteiger partial charge in [-0.2, -0.15) is 0 Å². The summed E-state index contributed by atoms with van der Waals surface area (Å²) in [6.45, 7) is 2.34. The Morgan fingerprint density at radius 2 is 2.00 bits per heavy atom. The van der Waals surface area contributed by atoms with Gasteiger partial charge in [0.25, 0.3) is 0 Å². The first kappa shape index (κ1) is 19.4. The standard InChI is InChI=1S/C7H14BO7P2.Y/c1-5-3-7(8)14-6(5)4-13-17(11,12)15-16(2,9)10;/h3,5-7H,4H2,1-2H3,(H,9,10)(H,11,12);/q-1;/t5-,6-,7-;/m1./s1. The summed E-state index contributed by atoms with van der Waals surface area (Å²) in [4.78, 5) is 17.9. The average Bonchev–Trinajstić information content (AvgIpc) is 2.37. The van der Waals surface area contributed by atoms with Crippen LogP contribution in [0.25, 0.3) is 0 Å². The van der Waals surface area contributed by atoms with Gasteiger partial charge >= 0.3 is 15.4 Å². The van der Waals surface area contributed by atoms with Crippen molar-refractivity contribution in [3.05, 3.63) is 6.42 Å². The molecule has 1 fully saturated rings. The van der Waals surface area contributed by atoms with E-state index in [9.17, 15) is 9.13 Å². The molecule has 2 N–H and O–H groups in total. The summed E-state index contributed by atoms with van der Waals surface area (Å²) >= 11 is 0. The van der Waals surface area contributed by atoms with Gasteiger partial charge in [-0.3, -0.25) is 9.09 Å². The quantitative estimate of drug-likeness (QED) is 0.416. The molecule has 0 aromatic rings. The van der Waals surface area contributed by atoms with E-state index in [0.29, 0.717) is 0 Å². The largest absolute Gasteiger partial charge is 0.479 e. The fourth-order valence-electron chi connectivity index (χ4n) is 1.37. The minimum Gasteiger partial charge on any atom is -0.415 e. The van der Waals surface area contributed by atoms with Gasteiger partial charge < -0.3 is 20.9 Å². The van der Waals surface area contributed by atoms with Crippen LogP contribution >= 0.6 is 15.4 Å². The maximum Gasteiger partial charge on any atom is 0.479 e. The Hall–Kier alpha value is 1.43. The number of phosphoric ester groups is 1. The van der Waals surface area contributed by atoms with Crippen LogP contribution in [0.4, 0.5) is 0 Å². The Morgan fingerprint density at radius 1 is 1.44 bits per heavy atom. The van der Waals surface area contributed by atoms with Crippen molar-refractivity contribution in [2.45, 2.75) is 19.0 Å². The number of rotatable bonds is 5. The molecule has 0 amide bonds. The van der Waals surface area contributed by atoms with Crippen molar-refractivity contribution in [2.75, 3.05) is 13.3 Å². The molecule has 11 heteroatoms. The summed E-state index contributed by atoms with van der Waals surface area (Å²) in [7, 11) is -3.17. The van der Waals surface area contributed by atoms with E-state index < -0.39 is 27.5 Å². The molecule has 1 saturated heterocycles. The van der Waals surface area contributed by atoms with Gasteiger partial charge in [0, 0.05) is 39.4 Å². The second-order valence-corrected chi connectivity index (χ2v) is 7.29. The molecule has 5 atom stereocenters. The van der Waals surface area contributed by atoms with Gasteiger partial charge in [0.15, 0.2) is 0 Å². The molecule has 101 valence electrons. The van der Waals surface area contributed by atoms with Crippen LogP contribution in [0.5, 0.6) is 0 Å². The van der Waals surface area contributed by atoms with E-state index in [0.717, 1.165) is 6.66 Å². The summed E-state index contributed by atoms with van der Waals surface area (Å²) in [5.41, 5.74) is 0. The molecule has 1 rings (SSSR count). The van der Waals surface area contributed by atoms with E-state index in [1.165, 1.54) is 0 Å². The summed E-state index contributed by atoms with van der Waals surface area (Å²) in [5, 5.41) is 0. The maximum atomic E-state index is 11.3. The molecule has 1 heterocycles. The monoisotopic (exact) mass is 372 g/mol. The molecule has 1 aliphatic rings. The minimum atomic E-state index is -4.56. The first-order valence-corrected chi connectivity index (χ1v) is 8.36. The Morgan fingerprint density at radius 3 is 2.39 bits per heavy atom. The van der Waals surface area contributed by atoms with E-state index in [2.05, 4.69) is 8.83 Å². The molecular weight excluding hydrogens is 358 g/mol. The molecule has 0 aliphatic carbocycles. The van der Waals surface area contributed by atoms with Gasteiger partial charge in [-0.1, -0.05) is 12.9 Å². The third-order valence-corrected chi connectivity index (χ3v) is 4.58. The Bertz CT molecular complexity index is 362. The van der Waals surface area contributed by atoms with Gasteiger partial charge in [0.1, 0.15) is 0 Å². The van der Waals surface area contributed by atoms with E-state index in [1.807, 2.05) is 0 Å². The van der Waals surface area contributed by atoms with Crippen LogP contribution in [-0.4, -0.2) is 43.0 Å². The molecule has 0 spiro atoms. The van der Waals surface area contributed by atoms with Crippen molar-refractivity contribution in [1.82, 2.24) is 0 Å². The molecule has 0 bridgehead atoms. The average molecular weight is 372 g/mol. The maximum absolute atomic E-state index is 11.3. The number of phosphoric acid groups is 1. The number of hydrogen-bond acceptors (Lipinski definition) is 5. The van der Waals surface area contributed by atoms with Crippen LogP contribution in [0.15, 0.2) is 0 Å². The fraction of sp³-hybridized carbons (Fsp3) is 0.857. The van der Waals surface area contributed by atoms with Crippen LogP contribution in [0.1, 0.15) is 6.92 Å². The first-order chi connectivity index (χ1) is 7.59. The molecule has 0 aromatic carbocycles. The zero-order valence-corrected chi connectivity index (χ0v) is 14.6. The summed E-state index contributed by atoms with van der Waals surface area (Å²) in [5.74, 6) is -0.0486. The van der Waals surface area contributed by atoms with Gasteiger partial charge in [-0.25, -0.2) is 8.88 Å². The van der Waals surface area contributed by atoms with Gasteiger partial charge in [-0.05, 0) is 0 Å². The fourth-order valence-corrected chi connectivity index (χ4v) is 3.42. The third-order valence-electron chi connectivity index (χ3n) is 2.07. The van der Waals surface area contributed by atoms with E-state index in [1.54, 1.807) is 13.3 Å². The van der Waals surface area contributed by atoms with Crippen molar-refractivity contribution in [2.24, 2.45) is 5.92 Å². The normalized spacial score (nSPS) is 34.3. The Balaban J connectivity index is 0.00000289. The molecule has 0 saturated carbocycles. The topological polar surface area (TPSA) is 102 Å². The smallest absolute Gasteiger partial charge is 0.415 e. The summed E-state index contributed by atoms with van der Waals surface area (Å²) < 4.78 is 35.9. The van der Waals surface area contributed by atoms with Crippen molar-refractivity contribution in [1.29, 1.82) is 0 Å². The van der Waals surface area contributed by atoms with Crippen molar-refractivity contribution in [3.63, 3.8) is 0 Å². The van der Waals surface area contributed by atoms with Crippen LogP contribution in [0.3, 0.4) is 0 Å². The van der Waals surface area contributed by atoms with E-state index in [-0.39, 0.29) is 45.2 Å². The van der Waals surface area contributed by atoms with Crippen LogP contribution in [0, 0.1) is 12.3 Å². The SMILES string of the molecule is [B][C@H]1[CH-][C@@H](C)[C@@H](COP(=O)(O)OP(C)(=O)O)O1.[Y]. The molecule has 7 nitrogen and oxygen atoms in total. The predicted octanol–water partition coefficient (Wildman–Crippen LogP) is 0.666. The van der Waals surface area contributed by atoms with E-state index in [4.69, 9.17) is 22.4 Å². The second-order valence-electron chi connectivity index (χ2n) is 3.84. The van der Waals surface area contributed by atoms with Gasteiger partial charge in [0.05, 0.1) is 20.6 Å². The van der Waals surface area contributed by atoms with Crippen LogP contribution < -0.4 is 0 Å². The molecule has 0 aromatic heterocycles. The first-order valence-electron chi connectivity index (χ1n) is 4.84. The van der Waals surface area contributed by atoms with Crippen molar-refractivity contribution >= 4 is 23.3 Å². The summed E-state index contributed by atoms with van der Waals surface area (Å²) in [6, 6.07) is -0.548.